The second-order valence-corrected chi connectivity index (χ2v) is 7.46. The molecule has 0 radical (unpaired) electrons. The zero-order valence-corrected chi connectivity index (χ0v) is 17.5. The molecular weight excluding hydrogens is 366 g/mol. The number of rotatable bonds is 8. The summed E-state index contributed by atoms with van der Waals surface area (Å²) < 4.78 is 0. The SMILES string of the molecule is CC[C@H](C(=O)Nc1ccc(-c2csc(N(CC)CC)n2)cc1)c1ccccc1. The van der Waals surface area contributed by atoms with Gasteiger partial charge in [0, 0.05) is 29.7 Å². The molecule has 0 bridgehead atoms. The van der Waals surface area contributed by atoms with Gasteiger partial charge in [0.15, 0.2) is 5.13 Å². The quantitative estimate of drug-likeness (QED) is 0.527. The lowest BCUT2D eigenvalue weighted by atomic mass is 9.95. The summed E-state index contributed by atoms with van der Waals surface area (Å²) in [6, 6.07) is 17.8. The molecule has 0 saturated heterocycles. The summed E-state index contributed by atoms with van der Waals surface area (Å²) in [5.74, 6) is -0.116. The Balaban J connectivity index is 1.70. The van der Waals surface area contributed by atoms with E-state index in [0.29, 0.717) is 0 Å². The van der Waals surface area contributed by atoms with Crippen molar-refractivity contribution in [1.29, 1.82) is 0 Å². The predicted molar refractivity (Wildman–Crippen MR) is 119 cm³/mol. The molecular formula is C23H27N3OS. The molecule has 1 amide bonds. The van der Waals surface area contributed by atoms with Gasteiger partial charge in [-0.1, -0.05) is 49.4 Å². The molecule has 2 aromatic carbocycles. The van der Waals surface area contributed by atoms with Crippen LogP contribution in [-0.2, 0) is 4.79 Å². The van der Waals surface area contributed by atoms with Gasteiger partial charge < -0.3 is 10.2 Å². The topological polar surface area (TPSA) is 45.2 Å². The highest BCUT2D eigenvalue weighted by molar-refractivity contribution is 7.14. The number of nitrogens with zero attached hydrogens (tertiary/aromatic N) is 2. The zero-order chi connectivity index (χ0) is 19.9. The third-order valence-electron chi connectivity index (χ3n) is 4.90. The van der Waals surface area contributed by atoms with E-state index in [1.165, 1.54) is 0 Å². The summed E-state index contributed by atoms with van der Waals surface area (Å²) in [6.07, 6.45) is 0.765. The number of amides is 1. The second-order valence-electron chi connectivity index (χ2n) is 6.63. The van der Waals surface area contributed by atoms with E-state index in [4.69, 9.17) is 4.98 Å². The molecule has 0 aliphatic heterocycles. The molecule has 0 saturated carbocycles. The zero-order valence-electron chi connectivity index (χ0n) is 16.7. The van der Waals surface area contributed by atoms with Crippen LogP contribution in [0.5, 0.6) is 0 Å². The van der Waals surface area contributed by atoms with Crippen LogP contribution >= 0.6 is 11.3 Å². The molecule has 1 aromatic heterocycles. The Hall–Kier alpha value is -2.66. The Morgan fingerprint density at radius 2 is 1.71 bits per heavy atom. The Morgan fingerprint density at radius 3 is 2.32 bits per heavy atom. The maximum Gasteiger partial charge on any atom is 0.231 e. The first kappa shape index (κ1) is 20.1. The van der Waals surface area contributed by atoms with Crippen molar-refractivity contribution in [2.24, 2.45) is 0 Å². The molecule has 28 heavy (non-hydrogen) atoms. The van der Waals surface area contributed by atoms with Crippen LogP contribution in [0.15, 0.2) is 60.0 Å². The molecule has 4 nitrogen and oxygen atoms in total. The highest BCUT2D eigenvalue weighted by Gasteiger charge is 2.18. The minimum atomic E-state index is -0.143. The fourth-order valence-corrected chi connectivity index (χ4v) is 4.21. The summed E-state index contributed by atoms with van der Waals surface area (Å²) in [6.45, 7) is 8.22. The van der Waals surface area contributed by atoms with E-state index in [9.17, 15) is 4.79 Å². The average molecular weight is 394 g/mol. The molecule has 0 fully saturated rings. The molecule has 3 rings (SSSR count). The van der Waals surface area contributed by atoms with E-state index < -0.39 is 0 Å². The van der Waals surface area contributed by atoms with Crippen LogP contribution in [0.3, 0.4) is 0 Å². The molecule has 3 aromatic rings. The highest BCUT2D eigenvalue weighted by Crippen LogP contribution is 2.28. The Labute approximate surface area is 171 Å². The summed E-state index contributed by atoms with van der Waals surface area (Å²) >= 11 is 1.67. The van der Waals surface area contributed by atoms with Crippen molar-refractivity contribution in [3.05, 3.63) is 65.5 Å². The van der Waals surface area contributed by atoms with E-state index in [0.717, 1.165) is 47.2 Å². The normalized spacial score (nSPS) is 11.8. The smallest absolute Gasteiger partial charge is 0.231 e. The minimum absolute atomic E-state index is 0.0268. The van der Waals surface area contributed by atoms with Crippen molar-refractivity contribution in [1.82, 2.24) is 4.98 Å². The minimum Gasteiger partial charge on any atom is -0.349 e. The molecule has 0 unspecified atom stereocenters. The summed E-state index contributed by atoms with van der Waals surface area (Å²) in [5, 5.41) is 6.18. The number of benzene rings is 2. The van der Waals surface area contributed by atoms with Gasteiger partial charge in [-0.2, -0.15) is 0 Å². The van der Waals surface area contributed by atoms with Crippen LogP contribution in [0.1, 0.15) is 38.7 Å². The molecule has 0 aliphatic carbocycles. The number of hydrogen-bond donors (Lipinski definition) is 1. The van der Waals surface area contributed by atoms with Crippen LogP contribution in [-0.4, -0.2) is 24.0 Å². The average Bonchev–Trinajstić information content (AvgIpc) is 3.21. The van der Waals surface area contributed by atoms with E-state index in [1.807, 2.05) is 61.5 Å². The standard InChI is InChI=1S/C23H27N3OS/c1-4-20(17-10-8-7-9-11-17)22(27)24-19-14-12-18(13-15-19)21-16-28-23(25-21)26(5-2)6-3/h7-16,20H,4-6H2,1-3H3,(H,24,27)/t20-/m0/s1. The fraction of sp³-hybridized carbons (Fsp3) is 0.304. The van der Waals surface area contributed by atoms with Gasteiger partial charge in [0.2, 0.25) is 5.91 Å². The van der Waals surface area contributed by atoms with Gasteiger partial charge in [-0.3, -0.25) is 4.79 Å². The van der Waals surface area contributed by atoms with Gasteiger partial charge in [0.05, 0.1) is 11.6 Å². The van der Waals surface area contributed by atoms with Crippen molar-refractivity contribution < 1.29 is 4.79 Å². The van der Waals surface area contributed by atoms with Crippen LogP contribution in [0, 0.1) is 0 Å². The first-order valence-corrected chi connectivity index (χ1v) is 10.7. The fourth-order valence-electron chi connectivity index (χ4n) is 3.25. The molecule has 1 atom stereocenters. The summed E-state index contributed by atoms with van der Waals surface area (Å²) in [4.78, 5) is 19.7. The van der Waals surface area contributed by atoms with Gasteiger partial charge in [-0.25, -0.2) is 4.98 Å². The van der Waals surface area contributed by atoms with E-state index in [2.05, 4.69) is 29.4 Å². The number of carbonyl (C=O) groups excluding carboxylic acids is 1. The predicted octanol–water partition coefficient (Wildman–Crippen LogP) is 5.79. The number of hydrogen-bond acceptors (Lipinski definition) is 4. The van der Waals surface area contributed by atoms with Gasteiger partial charge in [-0.15, -0.1) is 11.3 Å². The lowest BCUT2D eigenvalue weighted by Crippen LogP contribution is -2.21. The maximum absolute atomic E-state index is 12.7. The lowest BCUT2D eigenvalue weighted by Gasteiger charge is -2.16. The number of nitrogens with one attached hydrogen (secondary N) is 1. The van der Waals surface area contributed by atoms with Crippen LogP contribution < -0.4 is 10.2 Å². The van der Waals surface area contributed by atoms with E-state index >= 15 is 0 Å². The van der Waals surface area contributed by atoms with Gasteiger partial charge in [0.1, 0.15) is 0 Å². The molecule has 1 heterocycles. The van der Waals surface area contributed by atoms with Crippen molar-refractivity contribution in [3.8, 4) is 11.3 Å². The van der Waals surface area contributed by atoms with Crippen molar-refractivity contribution >= 4 is 28.1 Å². The molecule has 5 heteroatoms. The number of anilines is 2. The summed E-state index contributed by atoms with van der Waals surface area (Å²) in [7, 11) is 0. The largest absolute Gasteiger partial charge is 0.349 e. The van der Waals surface area contributed by atoms with Crippen LogP contribution in [0.2, 0.25) is 0 Å². The number of aromatic nitrogens is 1. The number of carbonyl (C=O) groups is 1. The van der Waals surface area contributed by atoms with Crippen LogP contribution in [0.4, 0.5) is 10.8 Å². The third kappa shape index (κ3) is 4.60. The van der Waals surface area contributed by atoms with Crippen molar-refractivity contribution in [3.63, 3.8) is 0 Å². The highest BCUT2D eigenvalue weighted by atomic mass is 32.1. The third-order valence-corrected chi connectivity index (χ3v) is 5.80. The van der Waals surface area contributed by atoms with Crippen LogP contribution in [0.25, 0.3) is 11.3 Å². The number of thiazole rings is 1. The second kappa shape index (κ2) is 9.51. The summed E-state index contributed by atoms with van der Waals surface area (Å²) in [5.41, 5.74) is 3.89. The first-order valence-electron chi connectivity index (χ1n) is 9.82. The van der Waals surface area contributed by atoms with E-state index in [1.54, 1.807) is 11.3 Å². The van der Waals surface area contributed by atoms with E-state index in [-0.39, 0.29) is 11.8 Å². The molecule has 1 N–H and O–H groups in total. The first-order chi connectivity index (χ1) is 13.7. The molecule has 0 spiro atoms. The molecule has 146 valence electrons. The van der Waals surface area contributed by atoms with Gasteiger partial charge >= 0.3 is 0 Å². The Morgan fingerprint density at radius 1 is 1.04 bits per heavy atom. The Kier molecular flexibility index (Phi) is 6.82. The van der Waals surface area contributed by atoms with Crippen molar-refractivity contribution in [2.45, 2.75) is 33.1 Å². The monoisotopic (exact) mass is 393 g/mol. The van der Waals surface area contributed by atoms with Gasteiger partial charge in [0.25, 0.3) is 0 Å². The lowest BCUT2D eigenvalue weighted by molar-refractivity contribution is -0.117. The van der Waals surface area contributed by atoms with Gasteiger partial charge in [-0.05, 0) is 38.0 Å². The van der Waals surface area contributed by atoms with Crippen molar-refractivity contribution in [2.75, 3.05) is 23.3 Å². The Bertz CT molecular complexity index is 886. The maximum atomic E-state index is 12.7. The molecule has 0 aliphatic rings.